The maximum absolute atomic E-state index is 13.4. The number of aromatic nitrogens is 3. The number of benzene rings is 2. The largest absolute Gasteiger partial charge is 0.346 e. The molecule has 170 valence electrons. The average molecular weight is 484 g/mol. The summed E-state index contributed by atoms with van der Waals surface area (Å²) in [6, 6.07) is 13.7. The Morgan fingerprint density at radius 2 is 1.82 bits per heavy atom. The summed E-state index contributed by atoms with van der Waals surface area (Å²) >= 11 is 7.56. The van der Waals surface area contributed by atoms with E-state index in [4.69, 9.17) is 16.6 Å². The molecule has 0 atom stereocenters. The lowest BCUT2D eigenvalue weighted by atomic mass is 10.1. The van der Waals surface area contributed by atoms with Crippen LogP contribution >= 0.6 is 22.9 Å². The van der Waals surface area contributed by atoms with Crippen LogP contribution < -0.4 is 4.90 Å². The molecule has 1 aliphatic rings. The summed E-state index contributed by atoms with van der Waals surface area (Å²) in [5.74, 6) is -0.149. The molecule has 0 bridgehead atoms. The van der Waals surface area contributed by atoms with Crippen molar-refractivity contribution in [3.8, 4) is 5.69 Å². The molecular weight excluding hydrogens is 461 g/mol. The molecule has 1 aliphatic heterocycles. The molecule has 2 aromatic heterocycles. The molecule has 0 aliphatic carbocycles. The number of amides is 1. The Balaban J connectivity index is 1.31. The highest BCUT2D eigenvalue weighted by atomic mass is 35.5. The van der Waals surface area contributed by atoms with Gasteiger partial charge in [-0.2, -0.15) is 10.1 Å². The van der Waals surface area contributed by atoms with Gasteiger partial charge in [0.25, 0.3) is 0 Å². The molecule has 33 heavy (non-hydrogen) atoms. The van der Waals surface area contributed by atoms with E-state index >= 15 is 0 Å². The Morgan fingerprint density at radius 1 is 1.06 bits per heavy atom. The second-order valence-corrected chi connectivity index (χ2v) is 9.56. The van der Waals surface area contributed by atoms with Gasteiger partial charge in [0.05, 0.1) is 22.5 Å². The average Bonchev–Trinajstić information content (AvgIpc) is 3.26. The number of nitrogens with zero attached hydrogens (tertiary/aromatic N) is 5. The molecule has 6 nitrogen and oxygen atoms in total. The van der Waals surface area contributed by atoms with Crippen molar-refractivity contribution < 1.29 is 9.18 Å². The summed E-state index contributed by atoms with van der Waals surface area (Å²) in [5, 5.41) is 6.19. The third-order valence-electron chi connectivity index (χ3n) is 5.84. The van der Waals surface area contributed by atoms with Crippen LogP contribution in [-0.4, -0.2) is 51.8 Å². The summed E-state index contributed by atoms with van der Waals surface area (Å²) in [7, 11) is 0. The summed E-state index contributed by atoms with van der Waals surface area (Å²) < 4.78 is 16.1. The summed E-state index contributed by atoms with van der Waals surface area (Å²) in [6.45, 7) is 4.92. The first-order chi connectivity index (χ1) is 16.0. The van der Waals surface area contributed by atoms with Crippen molar-refractivity contribution in [2.24, 2.45) is 0 Å². The Labute approximate surface area is 200 Å². The first-order valence-corrected chi connectivity index (χ1v) is 12.1. The van der Waals surface area contributed by atoms with Crippen molar-refractivity contribution in [1.82, 2.24) is 19.7 Å². The van der Waals surface area contributed by atoms with Gasteiger partial charge in [-0.05, 0) is 55.3 Å². The maximum atomic E-state index is 13.4. The molecule has 2 aromatic carbocycles. The van der Waals surface area contributed by atoms with Crippen molar-refractivity contribution in [3.05, 3.63) is 70.6 Å². The first kappa shape index (κ1) is 21.9. The molecule has 0 unspecified atom stereocenters. The highest BCUT2D eigenvalue weighted by Crippen LogP contribution is 2.33. The number of carbonyl (C=O) groups is 1. The van der Waals surface area contributed by atoms with Crippen LogP contribution in [0.5, 0.6) is 0 Å². The summed E-state index contributed by atoms with van der Waals surface area (Å²) in [6.07, 6.45) is 1.26. The van der Waals surface area contributed by atoms with E-state index in [0.717, 1.165) is 58.5 Å². The fraction of sp³-hybridized carbons (Fsp3) is 0.292. The van der Waals surface area contributed by atoms with Crippen LogP contribution in [0.15, 0.2) is 48.5 Å². The molecule has 4 aromatic rings. The first-order valence-electron chi connectivity index (χ1n) is 10.9. The zero-order valence-corrected chi connectivity index (χ0v) is 19.7. The third-order valence-corrected chi connectivity index (χ3v) is 7.30. The molecule has 1 fully saturated rings. The van der Waals surface area contributed by atoms with Crippen molar-refractivity contribution in [2.45, 2.75) is 19.8 Å². The fourth-order valence-corrected chi connectivity index (χ4v) is 5.23. The molecule has 0 saturated carbocycles. The minimum absolute atomic E-state index is 0.131. The Bertz CT molecular complexity index is 1280. The van der Waals surface area contributed by atoms with Crippen LogP contribution in [0.3, 0.4) is 0 Å². The number of rotatable bonds is 4. The van der Waals surface area contributed by atoms with Crippen LogP contribution in [0.4, 0.5) is 9.52 Å². The number of thiazole rings is 1. The van der Waals surface area contributed by atoms with E-state index in [1.54, 1.807) is 28.2 Å². The lowest BCUT2D eigenvalue weighted by molar-refractivity contribution is -0.130. The summed E-state index contributed by atoms with van der Waals surface area (Å²) in [4.78, 5) is 21.9. The van der Waals surface area contributed by atoms with Gasteiger partial charge >= 0.3 is 0 Å². The SMILES string of the molecule is Cc1nn(-c2ccc(F)cc2)c2nc(N3CCCN(C(=O)Cc4ccc(Cl)cc4)CC3)sc12. The van der Waals surface area contributed by atoms with Crippen LogP contribution in [0.25, 0.3) is 16.0 Å². The van der Waals surface area contributed by atoms with Gasteiger partial charge in [-0.1, -0.05) is 35.1 Å². The normalized spacial score (nSPS) is 14.6. The van der Waals surface area contributed by atoms with E-state index in [1.165, 1.54) is 12.1 Å². The minimum Gasteiger partial charge on any atom is -0.346 e. The summed E-state index contributed by atoms with van der Waals surface area (Å²) in [5.41, 5.74) is 3.42. The van der Waals surface area contributed by atoms with Crippen LogP contribution in [0.1, 0.15) is 17.7 Å². The smallest absolute Gasteiger partial charge is 0.227 e. The van der Waals surface area contributed by atoms with Gasteiger partial charge in [0.1, 0.15) is 5.82 Å². The molecule has 5 rings (SSSR count). The predicted molar refractivity (Wildman–Crippen MR) is 130 cm³/mol. The molecule has 0 spiro atoms. The van der Waals surface area contributed by atoms with Crippen molar-refractivity contribution in [2.75, 3.05) is 31.1 Å². The second kappa shape index (κ2) is 9.11. The van der Waals surface area contributed by atoms with E-state index in [2.05, 4.69) is 10.00 Å². The van der Waals surface area contributed by atoms with Gasteiger partial charge in [-0.3, -0.25) is 4.79 Å². The highest BCUT2D eigenvalue weighted by Gasteiger charge is 2.23. The Hall–Kier alpha value is -2.97. The molecule has 0 N–H and O–H groups in total. The Kier molecular flexibility index (Phi) is 6.03. The van der Waals surface area contributed by atoms with E-state index in [1.807, 2.05) is 36.1 Å². The number of fused-ring (bicyclic) bond motifs is 1. The van der Waals surface area contributed by atoms with Crippen molar-refractivity contribution >= 4 is 44.3 Å². The van der Waals surface area contributed by atoms with Crippen LogP contribution in [0.2, 0.25) is 5.02 Å². The Morgan fingerprint density at radius 3 is 2.58 bits per heavy atom. The molecule has 3 heterocycles. The third kappa shape index (κ3) is 4.58. The van der Waals surface area contributed by atoms with Gasteiger partial charge in [-0.25, -0.2) is 9.07 Å². The fourth-order valence-electron chi connectivity index (χ4n) is 4.07. The van der Waals surface area contributed by atoms with Crippen molar-refractivity contribution in [1.29, 1.82) is 0 Å². The molecule has 1 amide bonds. The van der Waals surface area contributed by atoms with Crippen molar-refractivity contribution in [3.63, 3.8) is 0 Å². The zero-order chi connectivity index (χ0) is 22.9. The van der Waals surface area contributed by atoms with Gasteiger partial charge in [-0.15, -0.1) is 0 Å². The molecule has 9 heteroatoms. The van der Waals surface area contributed by atoms with Crippen LogP contribution in [0, 0.1) is 12.7 Å². The van der Waals surface area contributed by atoms with Gasteiger partial charge in [0.2, 0.25) is 5.91 Å². The van der Waals surface area contributed by atoms with E-state index < -0.39 is 0 Å². The number of aryl methyl sites for hydroxylation is 1. The standard InChI is InChI=1S/C24H23ClFN5OS/c1-16-22-23(31(28-16)20-9-7-19(26)8-10-20)27-24(33-22)30-12-2-11-29(13-14-30)21(32)15-17-3-5-18(25)6-4-17/h3-10H,2,11-15H2,1H3. The number of hydrogen-bond acceptors (Lipinski definition) is 5. The van der Waals surface area contributed by atoms with Gasteiger partial charge in [0, 0.05) is 31.2 Å². The number of halogens is 2. The molecule has 0 radical (unpaired) electrons. The zero-order valence-electron chi connectivity index (χ0n) is 18.2. The van der Waals surface area contributed by atoms with E-state index in [9.17, 15) is 9.18 Å². The second-order valence-electron chi connectivity index (χ2n) is 8.15. The molecule has 1 saturated heterocycles. The topological polar surface area (TPSA) is 54.3 Å². The molecular formula is C24H23ClFN5OS. The quantitative estimate of drug-likeness (QED) is 0.416. The maximum Gasteiger partial charge on any atom is 0.227 e. The minimum atomic E-state index is -0.280. The number of hydrogen-bond donors (Lipinski definition) is 0. The lowest BCUT2D eigenvalue weighted by Crippen LogP contribution is -2.36. The van der Waals surface area contributed by atoms with Gasteiger partial charge < -0.3 is 9.80 Å². The number of anilines is 1. The highest BCUT2D eigenvalue weighted by molar-refractivity contribution is 7.22. The van der Waals surface area contributed by atoms with E-state index in [-0.39, 0.29) is 11.7 Å². The predicted octanol–water partition coefficient (Wildman–Crippen LogP) is 4.86. The monoisotopic (exact) mass is 483 g/mol. The van der Waals surface area contributed by atoms with Gasteiger partial charge in [0.15, 0.2) is 10.8 Å². The van der Waals surface area contributed by atoms with E-state index in [0.29, 0.717) is 18.0 Å². The lowest BCUT2D eigenvalue weighted by Gasteiger charge is -2.21. The number of carbonyl (C=O) groups excluding carboxylic acids is 1. The van der Waals surface area contributed by atoms with Crippen LogP contribution in [-0.2, 0) is 11.2 Å².